The Morgan fingerprint density at radius 1 is 0.286 bits per heavy atom. The number of hydrogen-bond donors (Lipinski definition) is 0. The van der Waals surface area contributed by atoms with Crippen molar-refractivity contribution in [3.8, 4) is 0 Å². The Kier molecular flexibility index (Phi) is 1280. The van der Waals surface area contributed by atoms with Crippen molar-refractivity contribution in [2.45, 2.75) is 0 Å². The van der Waals surface area contributed by atoms with Gasteiger partial charge in [-0.25, -0.2) is 0 Å². The SMILES string of the molecule is [Cl-].[Cl-].[Cl-].[Cl-].[Cl-].[Cl-].[W]. The molecule has 0 aromatic carbocycles. The molecule has 0 aromatic rings. The van der Waals surface area contributed by atoms with Crippen LogP contribution in [0.4, 0.5) is 0 Å². The van der Waals surface area contributed by atoms with Crippen LogP contribution in [0.2, 0.25) is 0 Å². The molecule has 0 nitrogen and oxygen atoms in total. The summed E-state index contributed by atoms with van der Waals surface area (Å²) in [6.07, 6.45) is 0. The maximum Gasteiger partial charge on any atom is 0 e. The van der Waals surface area contributed by atoms with Crippen LogP contribution in [0.15, 0.2) is 0 Å². The minimum Gasteiger partial charge on any atom is -1.00 e. The van der Waals surface area contributed by atoms with Crippen molar-refractivity contribution in [2.75, 3.05) is 0 Å². The van der Waals surface area contributed by atoms with E-state index in [2.05, 4.69) is 0 Å². The zero-order valence-electron chi connectivity index (χ0n) is 2.68. The molecule has 7 heteroatoms. The Hall–Kier alpha value is 2.43. The largest absolute Gasteiger partial charge is 1.00 e. The minimum absolute atomic E-state index is 0. The zero-order chi connectivity index (χ0) is 0. The molecule has 0 saturated carbocycles. The van der Waals surface area contributed by atoms with Gasteiger partial charge < -0.3 is 74.4 Å². The van der Waals surface area contributed by atoms with Crippen molar-refractivity contribution in [3.05, 3.63) is 0 Å². The van der Waals surface area contributed by atoms with E-state index in [9.17, 15) is 0 Å². The topological polar surface area (TPSA) is 0 Å². The van der Waals surface area contributed by atoms with E-state index >= 15 is 0 Å². The molecule has 0 bridgehead atoms. The first-order valence-corrected chi connectivity index (χ1v) is 0. The first-order chi connectivity index (χ1) is 0. The molecule has 0 aliphatic heterocycles. The molecule has 0 saturated heterocycles. The van der Waals surface area contributed by atoms with Crippen molar-refractivity contribution >= 4 is 0 Å². The first-order valence-electron chi connectivity index (χ1n) is 0. The minimum atomic E-state index is 0. The van der Waals surface area contributed by atoms with Gasteiger partial charge in [-0.3, -0.25) is 0 Å². The molecule has 0 N–H and O–H groups in total. The van der Waals surface area contributed by atoms with Crippen LogP contribution < -0.4 is 74.4 Å². The predicted octanol–water partition coefficient (Wildman–Crippen LogP) is -18.0. The van der Waals surface area contributed by atoms with Crippen LogP contribution in [-0.2, 0) is 21.1 Å². The van der Waals surface area contributed by atoms with E-state index < -0.39 is 0 Å². The average molecular weight is 397 g/mol. The Morgan fingerprint density at radius 3 is 0.286 bits per heavy atom. The molecule has 0 unspecified atom stereocenters. The summed E-state index contributed by atoms with van der Waals surface area (Å²) in [4.78, 5) is 0. The van der Waals surface area contributed by atoms with Gasteiger partial charge in [-0.15, -0.1) is 0 Å². The van der Waals surface area contributed by atoms with Crippen LogP contribution in [-0.4, -0.2) is 0 Å². The molecular weight excluding hydrogens is 397 g/mol. The second-order valence-electron chi connectivity index (χ2n) is 0. The van der Waals surface area contributed by atoms with Crippen molar-refractivity contribution < 1.29 is 95.5 Å². The molecule has 0 aliphatic carbocycles. The molecule has 7 heavy (non-hydrogen) atoms. The Morgan fingerprint density at radius 2 is 0.286 bits per heavy atom. The standard InChI is InChI=1S/6ClH.W/h6*1H;/p-6. The number of halogens is 6. The zero-order valence-corrected chi connectivity index (χ0v) is 10.1. The summed E-state index contributed by atoms with van der Waals surface area (Å²) < 4.78 is 0. The van der Waals surface area contributed by atoms with Gasteiger partial charge in [0.15, 0.2) is 0 Å². The summed E-state index contributed by atoms with van der Waals surface area (Å²) in [5.74, 6) is 0. The fourth-order valence-corrected chi connectivity index (χ4v) is 0. The maximum absolute atomic E-state index is 0. The summed E-state index contributed by atoms with van der Waals surface area (Å²) in [6.45, 7) is 0. The Balaban J connectivity index is 0. The van der Waals surface area contributed by atoms with Crippen LogP contribution in [0.3, 0.4) is 0 Å². The molecular formula is Cl6W-6. The molecule has 0 heterocycles. The molecule has 54 valence electrons. The van der Waals surface area contributed by atoms with Crippen LogP contribution >= 0.6 is 0 Å². The molecule has 0 fully saturated rings. The van der Waals surface area contributed by atoms with Crippen molar-refractivity contribution in [3.63, 3.8) is 0 Å². The number of rotatable bonds is 0. The fraction of sp³-hybridized carbons (Fsp3) is 0. The molecule has 0 aromatic heterocycles. The summed E-state index contributed by atoms with van der Waals surface area (Å²) >= 11 is 0. The van der Waals surface area contributed by atoms with Gasteiger partial charge in [0.2, 0.25) is 0 Å². The van der Waals surface area contributed by atoms with E-state index in [-0.39, 0.29) is 95.5 Å². The Bertz CT molecular complexity index is 4.14. The summed E-state index contributed by atoms with van der Waals surface area (Å²) in [7, 11) is 0. The van der Waals surface area contributed by atoms with Gasteiger partial charge in [0, 0.05) is 21.1 Å². The molecule has 0 atom stereocenters. The second-order valence-corrected chi connectivity index (χ2v) is 0. The average Bonchev–Trinajstić information content (AvgIpc) is 0. The molecule has 0 radical (unpaired) electrons. The maximum atomic E-state index is 0. The van der Waals surface area contributed by atoms with E-state index in [1.54, 1.807) is 0 Å². The van der Waals surface area contributed by atoms with E-state index in [1.165, 1.54) is 0 Å². The smallest absolute Gasteiger partial charge is 0 e. The fourth-order valence-electron chi connectivity index (χ4n) is 0. The third kappa shape index (κ3) is 59.1. The second kappa shape index (κ2) is 78.9. The van der Waals surface area contributed by atoms with E-state index in [0.29, 0.717) is 0 Å². The van der Waals surface area contributed by atoms with Crippen LogP contribution in [0.25, 0.3) is 0 Å². The van der Waals surface area contributed by atoms with Gasteiger partial charge in [0.25, 0.3) is 0 Å². The van der Waals surface area contributed by atoms with Gasteiger partial charge in [-0.2, -0.15) is 0 Å². The molecule has 0 amide bonds. The predicted molar refractivity (Wildman–Crippen MR) is 0 cm³/mol. The molecule has 0 spiro atoms. The summed E-state index contributed by atoms with van der Waals surface area (Å²) in [5, 5.41) is 0. The van der Waals surface area contributed by atoms with E-state index in [1.807, 2.05) is 0 Å². The van der Waals surface area contributed by atoms with Gasteiger partial charge in [-0.1, -0.05) is 0 Å². The van der Waals surface area contributed by atoms with Crippen LogP contribution in [0, 0.1) is 0 Å². The van der Waals surface area contributed by atoms with E-state index in [4.69, 9.17) is 0 Å². The van der Waals surface area contributed by atoms with Crippen molar-refractivity contribution in [1.29, 1.82) is 0 Å². The first kappa shape index (κ1) is 114. The van der Waals surface area contributed by atoms with Gasteiger partial charge >= 0.3 is 0 Å². The quantitative estimate of drug-likeness (QED) is 0.382. The summed E-state index contributed by atoms with van der Waals surface area (Å²) in [6, 6.07) is 0. The van der Waals surface area contributed by atoms with Gasteiger partial charge in [-0.05, 0) is 0 Å². The number of hydrogen-bond acceptors (Lipinski definition) is 0. The monoisotopic (exact) mass is 394 g/mol. The third-order valence-electron chi connectivity index (χ3n) is 0. The van der Waals surface area contributed by atoms with E-state index in [0.717, 1.165) is 0 Å². The summed E-state index contributed by atoms with van der Waals surface area (Å²) in [5.41, 5.74) is 0. The van der Waals surface area contributed by atoms with Crippen LogP contribution in [0.5, 0.6) is 0 Å². The normalized spacial score (nSPS) is 0. The Labute approximate surface area is 94.7 Å². The molecule has 0 aliphatic rings. The van der Waals surface area contributed by atoms with Crippen molar-refractivity contribution in [1.82, 2.24) is 0 Å². The van der Waals surface area contributed by atoms with Gasteiger partial charge in [0.05, 0.1) is 0 Å². The van der Waals surface area contributed by atoms with Crippen LogP contribution in [0.1, 0.15) is 0 Å². The third-order valence-corrected chi connectivity index (χ3v) is 0. The van der Waals surface area contributed by atoms with Gasteiger partial charge in [0.1, 0.15) is 0 Å². The van der Waals surface area contributed by atoms with Crippen molar-refractivity contribution in [2.24, 2.45) is 0 Å². The molecule has 0 rings (SSSR count).